The molecule has 0 heterocycles. The molecule has 4 heteroatoms. The van der Waals surface area contributed by atoms with Crippen LogP contribution in [0.4, 0.5) is 5.69 Å². The molecule has 12 heavy (non-hydrogen) atoms. The van der Waals surface area contributed by atoms with Gasteiger partial charge in [-0.05, 0) is 12.1 Å². The van der Waals surface area contributed by atoms with Crippen molar-refractivity contribution >= 4 is 18.3 Å². The summed E-state index contributed by atoms with van der Waals surface area (Å²) in [6.07, 6.45) is 1.36. The van der Waals surface area contributed by atoms with E-state index in [1.54, 1.807) is 6.07 Å². The zero-order valence-corrected chi connectivity index (χ0v) is 6.28. The minimum absolute atomic E-state index is 0.433. The minimum atomic E-state index is 0.433. The Morgan fingerprint density at radius 1 is 1.25 bits per heavy atom. The van der Waals surface area contributed by atoms with Crippen LogP contribution in [0.2, 0.25) is 0 Å². The lowest BCUT2D eigenvalue weighted by atomic mass is 10.1. The van der Waals surface area contributed by atoms with Crippen LogP contribution in [0.1, 0.15) is 20.7 Å². The Kier molecular flexibility index (Phi) is 2.55. The van der Waals surface area contributed by atoms with Crippen molar-refractivity contribution < 1.29 is 9.59 Å². The zero-order chi connectivity index (χ0) is 8.97. The van der Waals surface area contributed by atoms with Crippen molar-refractivity contribution in [3.05, 3.63) is 29.3 Å². The van der Waals surface area contributed by atoms with Gasteiger partial charge in [0.25, 0.3) is 0 Å². The van der Waals surface area contributed by atoms with E-state index in [-0.39, 0.29) is 0 Å². The number of aldehydes is 2. The van der Waals surface area contributed by atoms with E-state index in [4.69, 9.17) is 5.84 Å². The van der Waals surface area contributed by atoms with Crippen LogP contribution in [-0.4, -0.2) is 12.6 Å². The van der Waals surface area contributed by atoms with Crippen LogP contribution in [-0.2, 0) is 0 Å². The van der Waals surface area contributed by atoms with Crippen LogP contribution in [0.3, 0.4) is 0 Å². The molecule has 0 unspecified atom stereocenters. The first-order valence-corrected chi connectivity index (χ1v) is 3.33. The lowest BCUT2D eigenvalue weighted by Gasteiger charge is -2.02. The molecule has 0 radical (unpaired) electrons. The van der Waals surface area contributed by atoms with Crippen molar-refractivity contribution in [1.29, 1.82) is 0 Å². The molecule has 0 aliphatic carbocycles. The van der Waals surface area contributed by atoms with E-state index in [0.29, 0.717) is 29.4 Å². The quantitative estimate of drug-likeness (QED) is 0.389. The topological polar surface area (TPSA) is 72.2 Å². The molecule has 0 aliphatic heterocycles. The van der Waals surface area contributed by atoms with Crippen LogP contribution >= 0.6 is 0 Å². The molecule has 0 aliphatic rings. The fourth-order valence-corrected chi connectivity index (χ4v) is 0.875. The molecule has 0 bridgehead atoms. The number of benzene rings is 1. The second-order valence-corrected chi connectivity index (χ2v) is 2.23. The van der Waals surface area contributed by atoms with Gasteiger partial charge in [0.05, 0.1) is 5.69 Å². The van der Waals surface area contributed by atoms with E-state index >= 15 is 0 Å². The molecule has 1 rings (SSSR count). The number of hydrogen-bond donors (Lipinski definition) is 2. The van der Waals surface area contributed by atoms with Gasteiger partial charge in [0.1, 0.15) is 6.29 Å². The lowest BCUT2D eigenvalue weighted by molar-refractivity contribution is 0.111. The number of nitrogen functional groups attached to an aromatic ring is 1. The average molecular weight is 164 g/mol. The molecule has 0 saturated heterocycles. The van der Waals surface area contributed by atoms with Crippen molar-refractivity contribution in [1.82, 2.24) is 0 Å². The molecular formula is C8H8N2O2. The SMILES string of the molecule is NNc1cc(C=O)ccc1C=O. The maximum Gasteiger partial charge on any atom is 0.152 e. The second-order valence-electron chi connectivity index (χ2n) is 2.23. The molecule has 1 aromatic carbocycles. The van der Waals surface area contributed by atoms with E-state index in [0.717, 1.165) is 0 Å². The van der Waals surface area contributed by atoms with Crippen molar-refractivity contribution in [2.75, 3.05) is 5.43 Å². The molecule has 62 valence electrons. The Morgan fingerprint density at radius 2 is 2.00 bits per heavy atom. The smallest absolute Gasteiger partial charge is 0.152 e. The second kappa shape index (κ2) is 3.64. The number of nitrogens with one attached hydrogen (secondary N) is 1. The molecule has 0 amide bonds. The fraction of sp³-hybridized carbons (Fsp3) is 0. The summed E-state index contributed by atoms with van der Waals surface area (Å²) in [5.74, 6) is 5.12. The third kappa shape index (κ3) is 1.49. The third-order valence-corrected chi connectivity index (χ3v) is 1.50. The monoisotopic (exact) mass is 164 g/mol. The summed E-state index contributed by atoms with van der Waals surface area (Å²) in [4.78, 5) is 20.7. The molecule has 4 nitrogen and oxygen atoms in total. The molecule has 0 aromatic heterocycles. The van der Waals surface area contributed by atoms with Gasteiger partial charge in [-0.3, -0.25) is 15.4 Å². The molecule has 3 N–H and O–H groups in total. The summed E-state index contributed by atoms with van der Waals surface area (Å²) in [6, 6.07) is 4.60. The van der Waals surface area contributed by atoms with E-state index in [2.05, 4.69) is 5.43 Å². The van der Waals surface area contributed by atoms with Gasteiger partial charge >= 0.3 is 0 Å². The number of hydrogen-bond acceptors (Lipinski definition) is 4. The maximum atomic E-state index is 10.4. The first kappa shape index (κ1) is 8.42. The van der Waals surface area contributed by atoms with E-state index in [1.165, 1.54) is 12.1 Å². The Bertz CT molecular complexity index is 310. The van der Waals surface area contributed by atoms with E-state index in [9.17, 15) is 9.59 Å². The summed E-state index contributed by atoms with van der Waals surface area (Å²) in [5.41, 5.74) is 3.70. The number of hydrazine groups is 1. The zero-order valence-electron chi connectivity index (χ0n) is 6.28. The van der Waals surface area contributed by atoms with E-state index < -0.39 is 0 Å². The maximum absolute atomic E-state index is 10.4. The molecule has 0 spiro atoms. The summed E-state index contributed by atoms with van der Waals surface area (Å²) in [7, 11) is 0. The van der Waals surface area contributed by atoms with Gasteiger partial charge in [0.2, 0.25) is 0 Å². The van der Waals surface area contributed by atoms with Crippen molar-refractivity contribution in [3.63, 3.8) is 0 Å². The van der Waals surface area contributed by atoms with Gasteiger partial charge in [0.15, 0.2) is 6.29 Å². The van der Waals surface area contributed by atoms with Crippen LogP contribution in [0.15, 0.2) is 18.2 Å². The lowest BCUT2D eigenvalue weighted by Crippen LogP contribution is -2.09. The molecule has 1 aromatic rings. The summed E-state index contributed by atoms with van der Waals surface area (Å²) >= 11 is 0. The number of carbonyl (C=O) groups is 2. The predicted molar refractivity (Wildman–Crippen MR) is 45.0 cm³/mol. The van der Waals surface area contributed by atoms with E-state index in [1.807, 2.05) is 0 Å². The van der Waals surface area contributed by atoms with Gasteiger partial charge in [0, 0.05) is 11.1 Å². The van der Waals surface area contributed by atoms with Crippen LogP contribution in [0, 0.1) is 0 Å². The highest BCUT2D eigenvalue weighted by molar-refractivity contribution is 5.87. The van der Waals surface area contributed by atoms with Crippen LogP contribution in [0.5, 0.6) is 0 Å². The number of nitrogens with two attached hydrogens (primary N) is 1. The Labute approximate surface area is 69.3 Å². The average Bonchev–Trinajstić information content (AvgIpc) is 2.16. The van der Waals surface area contributed by atoms with Gasteiger partial charge in [-0.1, -0.05) is 6.07 Å². The van der Waals surface area contributed by atoms with Crippen LogP contribution in [0.25, 0.3) is 0 Å². The number of carbonyl (C=O) groups excluding carboxylic acids is 2. The van der Waals surface area contributed by atoms with Crippen molar-refractivity contribution in [3.8, 4) is 0 Å². The van der Waals surface area contributed by atoms with Gasteiger partial charge in [-0.2, -0.15) is 0 Å². The van der Waals surface area contributed by atoms with Crippen molar-refractivity contribution in [2.45, 2.75) is 0 Å². The highest BCUT2D eigenvalue weighted by atomic mass is 16.1. The highest BCUT2D eigenvalue weighted by Gasteiger charge is 2.00. The summed E-state index contributed by atoms with van der Waals surface area (Å²) < 4.78 is 0. The molecule has 0 saturated carbocycles. The standard InChI is InChI=1S/C8H8N2O2/c9-10-8-3-6(4-11)1-2-7(8)5-12/h1-5,10H,9H2. The van der Waals surface area contributed by atoms with Crippen molar-refractivity contribution in [2.24, 2.45) is 5.84 Å². The molecular weight excluding hydrogens is 156 g/mol. The Hall–Kier alpha value is -1.68. The largest absolute Gasteiger partial charge is 0.323 e. The third-order valence-electron chi connectivity index (χ3n) is 1.50. The summed E-state index contributed by atoms with van der Waals surface area (Å²) in [5, 5.41) is 0. The normalized spacial score (nSPS) is 9.08. The first-order valence-electron chi connectivity index (χ1n) is 3.33. The van der Waals surface area contributed by atoms with Gasteiger partial charge < -0.3 is 5.43 Å². The molecule has 0 atom stereocenters. The predicted octanol–water partition coefficient (Wildman–Crippen LogP) is 0.597. The Morgan fingerprint density at radius 3 is 2.50 bits per heavy atom. The molecule has 0 fully saturated rings. The number of anilines is 1. The number of rotatable bonds is 3. The minimum Gasteiger partial charge on any atom is -0.323 e. The van der Waals surface area contributed by atoms with Gasteiger partial charge in [-0.15, -0.1) is 0 Å². The highest BCUT2D eigenvalue weighted by Crippen LogP contribution is 2.13. The van der Waals surface area contributed by atoms with Crippen LogP contribution < -0.4 is 11.3 Å². The first-order chi connectivity index (χ1) is 5.81. The van der Waals surface area contributed by atoms with Gasteiger partial charge in [-0.25, -0.2) is 0 Å². The Balaban J connectivity index is 3.18. The fourth-order valence-electron chi connectivity index (χ4n) is 0.875. The summed E-state index contributed by atoms with van der Waals surface area (Å²) in [6.45, 7) is 0.